The highest BCUT2D eigenvalue weighted by atomic mass is 32.1. The summed E-state index contributed by atoms with van der Waals surface area (Å²) >= 11 is 1.61. The third-order valence-corrected chi connectivity index (χ3v) is 9.99. The number of imidazole rings is 1. The molecule has 1 fully saturated rings. The maximum Gasteiger partial charge on any atom is 0.243 e. The number of carbonyl (C=O) groups excluding carboxylic acids is 3. The van der Waals surface area contributed by atoms with Crippen molar-refractivity contribution in [2.24, 2.45) is 5.92 Å². The topological polar surface area (TPSA) is 132 Å². The van der Waals surface area contributed by atoms with E-state index in [0.29, 0.717) is 25.0 Å². The van der Waals surface area contributed by atoms with Gasteiger partial charge in [0.15, 0.2) is 5.82 Å². The van der Waals surface area contributed by atoms with Crippen LogP contribution < -0.4 is 16.0 Å². The van der Waals surface area contributed by atoms with Crippen molar-refractivity contribution in [3.8, 4) is 11.3 Å². The predicted molar refractivity (Wildman–Crippen MR) is 185 cm³/mol. The molecule has 10 heteroatoms. The van der Waals surface area contributed by atoms with E-state index < -0.39 is 18.0 Å². The van der Waals surface area contributed by atoms with Gasteiger partial charge in [-0.1, -0.05) is 66.7 Å². The molecule has 238 valence electrons. The number of ketones is 1. The molecular formula is C37H36N6O3S. The number of rotatable bonds is 11. The highest BCUT2D eigenvalue weighted by Crippen LogP contribution is 2.27. The fraction of sp³-hybridized carbons (Fsp3) is 0.243. The van der Waals surface area contributed by atoms with Gasteiger partial charge in [0.05, 0.1) is 17.9 Å². The second-order valence-corrected chi connectivity index (χ2v) is 13.2. The second kappa shape index (κ2) is 13.7. The SMILES string of the molecule is O=C(N[C@H](Cc1cc2ccccc2s1)C(=O)N[C@H](Cc1c[nH]c2ccccc12)C(=O)c1ncc(-c2ccccc2)[nH]1)C1CCNCC1. The van der Waals surface area contributed by atoms with Crippen molar-refractivity contribution in [2.45, 2.75) is 37.8 Å². The molecule has 0 saturated carbocycles. The number of aromatic nitrogens is 3. The summed E-state index contributed by atoms with van der Waals surface area (Å²) in [6.07, 6.45) is 5.50. The van der Waals surface area contributed by atoms with Crippen LogP contribution in [0.1, 0.15) is 33.9 Å². The first-order valence-electron chi connectivity index (χ1n) is 16.0. The first-order valence-corrected chi connectivity index (χ1v) is 16.8. The van der Waals surface area contributed by atoms with Crippen LogP contribution in [0.4, 0.5) is 0 Å². The molecule has 3 aromatic heterocycles. The van der Waals surface area contributed by atoms with Crippen LogP contribution in [0, 0.1) is 5.92 Å². The second-order valence-electron chi connectivity index (χ2n) is 12.0. The van der Waals surface area contributed by atoms with E-state index in [1.54, 1.807) is 17.5 Å². The maximum atomic E-state index is 14.2. The summed E-state index contributed by atoms with van der Waals surface area (Å²) in [5.41, 5.74) is 3.46. The Morgan fingerprint density at radius 2 is 1.64 bits per heavy atom. The van der Waals surface area contributed by atoms with E-state index in [0.717, 1.165) is 50.1 Å². The van der Waals surface area contributed by atoms with Gasteiger partial charge in [0.1, 0.15) is 6.04 Å². The molecule has 4 heterocycles. The number of piperidine rings is 1. The Balaban J connectivity index is 1.18. The number of Topliss-reactive ketones (excluding diaryl/α,β-unsaturated/α-hetero) is 1. The molecule has 7 rings (SSSR count). The summed E-state index contributed by atoms with van der Waals surface area (Å²) in [4.78, 5) is 53.7. The van der Waals surface area contributed by atoms with Crippen LogP contribution in [-0.4, -0.2) is 57.7 Å². The van der Waals surface area contributed by atoms with E-state index in [-0.39, 0.29) is 29.9 Å². The number of fused-ring (bicyclic) bond motifs is 2. The fourth-order valence-electron chi connectivity index (χ4n) is 6.30. The largest absolute Gasteiger partial charge is 0.361 e. The van der Waals surface area contributed by atoms with Crippen LogP contribution >= 0.6 is 11.3 Å². The Morgan fingerprint density at radius 1 is 0.872 bits per heavy atom. The number of para-hydroxylation sites is 1. The van der Waals surface area contributed by atoms with Gasteiger partial charge in [0.2, 0.25) is 17.6 Å². The molecule has 1 aliphatic heterocycles. The zero-order valence-corrected chi connectivity index (χ0v) is 26.6. The minimum absolute atomic E-state index is 0.134. The lowest BCUT2D eigenvalue weighted by molar-refractivity contribution is -0.131. The predicted octanol–water partition coefficient (Wildman–Crippen LogP) is 5.41. The Kier molecular flexibility index (Phi) is 8.94. The fourth-order valence-corrected chi connectivity index (χ4v) is 7.41. The average Bonchev–Trinajstić information content (AvgIpc) is 3.87. The molecule has 0 aliphatic carbocycles. The molecule has 1 aliphatic rings. The standard InChI is InChI=1S/C37H36N6O3S/c44-34(35-40-22-32(41-35)23-8-2-1-3-9-23)30(19-26-21-39-29-12-6-5-11-28(26)29)42-37(46)31(43-36(45)24-14-16-38-17-15-24)20-27-18-25-10-4-7-13-33(25)47-27/h1-13,18,21-22,24,30-31,38-39H,14-17,19-20H2,(H,40,41)(H,42,46)(H,43,45)/t30-,31-/m1/s1. The van der Waals surface area contributed by atoms with Gasteiger partial charge in [-0.15, -0.1) is 11.3 Å². The van der Waals surface area contributed by atoms with Gasteiger partial charge in [-0.2, -0.15) is 0 Å². The lowest BCUT2D eigenvalue weighted by atomic mass is 9.96. The Labute approximate surface area is 276 Å². The summed E-state index contributed by atoms with van der Waals surface area (Å²) in [6, 6.07) is 25.9. The normalized spacial score (nSPS) is 15.0. The monoisotopic (exact) mass is 644 g/mol. The molecule has 0 spiro atoms. The van der Waals surface area contributed by atoms with E-state index in [2.05, 4.69) is 43.0 Å². The number of benzene rings is 3. The molecule has 1 saturated heterocycles. The first-order chi connectivity index (χ1) is 23.0. The third kappa shape index (κ3) is 6.89. The Morgan fingerprint density at radius 3 is 2.47 bits per heavy atom. The first kappa shape index (κ1) is 30.6. The van der Waals surface area contributed by atoms with Crippen molar-refractivity contribution in [1.29, 1.82) is 0 Å². The summed E-state index contributed by atoms with van der Waals surface area (Å²) in [7, 11) is 0. The smallest absolute Gasteiger partial charge is 0.243 e. The number of amides is 2. The lowest BCUT2D eigenvalue weighted by Gasteiger charge is -2.26. The minimum atomic E-state index is -0.933. The summed E-state index contributed by atoms with van der Waals surface area (Å²) in [6.45, 7) is 1.53. The van der Waals surface area contributed by atoms with Crippen LogP contribution in [0.15, 0.2) is 97.3 Å². The Hall–Kier alpha value is -5.06. The molecule has 3 aromatic carbocycles. The molecule has 5 N–H and O–H groups in total. The van der Waals surface area contributed by atoms with E-state index >= 15 is 0 Å². The van der Waals surface area contributed by atoms with E-state index in [1.165, 1.54) is 0 Å². The van der Waals surface area contributed by atoms with Crippen molar-refractivity contribution in [2.75, 3.05) is 13.1 Å². The molecule has 2 atom stereocenters. The van der Waals surface area contributed by atoms with Gasteiger partial charge in [-0.05, 0) is 60.6 Å². The van der Waals surface area contributed by atoms with Crippen LogP contribution in [0.25, 0.3) is 32.2 Å². The summed E-state index contributed by atoms with van der Waals surface area (Å²) in [5.74, 6) is -0.884. The van der Waals surface area contributed by atoms with Gasteiger partial charge < -0.3 is 25.9 Å². The number of nitrogens with zero attached hydrogens (tertiary/aromatic N) is 1. The molecule has 0 bridgehead atoms. The van der Waals surface area contributed by atoms with Gasteiger partial charge in [-0.3, -0.25) is 14.4 Å². The van der Waals surface area contributed by atoms with Crippen molar-refractivity contribution in [1.82, 2.24) is 30.9 Å². The Bertz CT molecular complexity index is 1990. The number of nitrogens with one attached hydrogen (secondary N) is 5. The highest BCUT2D eigenvalue weighted by Gasteiger charge is 2.32. The molecule has 9 nitrogen and oxygen atoms in total. The molecule has 6 aromatic rings. The number of carbonyl (C=O) groups is 3. The number of aromatic amines is 2. The number of H-pyrrole nitrogens is 2. The van der Waals surface area contributed by atoms with Crippen LogP contribution in [0.5, 0.6) is 0 Å². The maximum absolute atomic E-state index is 14.2. The summed E-state index contributed by atoms with van der Waals surface area (Å²) in [5, 5.41) is 11.5. The van der Waals surface area contributed by atoms with E-state index in [1.807, 2.05) is 79.0 Å². The van der Waals surface area contributed by atoms with Crippen molar-refractivity contribution in [3.63, 3.8) is 0 Å². The van der Waals surface area contributed by atoms with Gasteiger partial charge in [-0.25, -0.2) is 4.98 Å². The van der Waals surface area contributed by atoms with Crippen molar-refractivity contribution in [3.05, 3.63) is 114 Å². The van der Waals surface area contributed by atoms with Gasteiger partial charge >= 0.3 is 0 Å². The summed E-state index contributed by atoms with van der Waals surface area (Å²) < 4.78 is 1.12. The quantitative estimate of drug-likeness (QED) is 0.120. The zero-order valence-electron chi connectivity index (χ0n) is 25.8. The zero-order chi connectivity index (χ0) is 32.2. The third-order valence-electron chi connectivity index (χ3n) is 8.85. The van der Waals surface area contributed by atoms with Crippen molar-refractivity contribution < 1.29 is 14.4 Å². The van der Waals surface area contributed by atoms with Crippen molar-refractivity contribution >= 4 is 49.9 Å². The average molecular weight is 645 g/mol. The van der Waals surface area contributed by atoms with Crippen LogP contribution in [0.3, 0.4) is 0 Å². The highest BCUT2D eigenvalue weighted by molar-refractivity contribution is 7.19. The molecule has 2 amide bonds. The van der Waals surface area contributed by atoms with Crippen LogP contribution in [0.2, 0.25) is 0 Å². The van der Waals surface area contributed by atoms with Crippen LogP contribution in [-0.2, 0) is 22.4 Å². The molecule has 47 heavy (non-hydrogen) atoms. The number of hydrogen-bond donors (Lipinski definition) is 5. The molecular weight excluding hydrogens is 609 g/mol. The van der Waals surface area contributed by atoms with E-state index in [9.17, 15) is 14.4 Å². The number of thiophene rings is 1. The minimum Gasteiger partial charge on any atom is -0.361 e. The van der Waals surface area contributed by atoms with Gasteiger partial charge in [0, 0.05) is 45.4 Å². The lowest BCUT2D eigenvalue weighted by Crippen LogP contribution is -2.54. The molecule has 0 unspecified atom stereocenters. The molecule has 0 radical (unpaired) electrons. The van der Waals surface area contributed by atoms with Gasteiger partial charge in [0.25, 0.3) is 0 Å². The van der Waals surface area contributed by atoms with E-state index in [4.69, 9.17) is 0 Å². The number of hydrogen-bond acceptors (Lipinski definition) is 6.